The molecule has 0 saturated heterocycles. The van der Waals surface area contributed by atoms with Gasteiger partial charge in [-0.15, -0.1) is 11.3 Å². The number of nitrogens with zero attached hydrogens (tertiary/aromatic N) is 4. The summed E-state index contributed by atoms with van der Waals surface area (Å²) in [5.74, 6) is 0.991. The van der Waals surface area contributed by atoms with Crippen LogP contribution < -0.4 is 10.9 Å². The zero-order chi connectivity index (χ0) is 21.4. The van der Waals surface area contributed by atoms with Crippen molar-refractivity contribution in [1.82, 2.24) is 24.9 Å². The lowest BCUT2D eigenvalue weighted by atomic mass is 10.1. The fourth-order valence-corrected chi connectivity index (χ4v) is 3.69. The van der Waals surface area contributed by atoms with Crippen LogP contribution in [0, 0.1) is 27.7 Å². The Labute approximate surface area is 175 Å². The van der Waals surface area contributed by atoms with Gasteiger partial charge in [0, 0.05) is 22.9 Å². The normalized spacial score (nSPS) is 11.1. The highest BCUT2D eigenvalue weighted by Crippen LogP contribution is 2.27. The van der Waals surface area contributed by atoms with Crippen LogP contribution >= 0.6 is 11.3 Å². The van der Waals surface area contributed by atoms with Crippen molar-refractivity contribution in [2.75, 3.05) is 5.32 Å². The summed E-state index contributed by atoms with van der Waals surface area (Å²) in [6.07, 6.45) is 0.109. The second-order valence-corrected chi connectivity index (χ2v) is 7.88. The minimum Gasteiger partial charge on any atom is -0.361 e. The maximum absolute atomic E-state index is 12.7. The van der Waals surface area contributed by atoms with Crippen LogP contribution in [-0.4, -0.2) is 30.8 Å². The Morgan fingerprint density at radius 1 is 1.27 bits per heavy atom. The lowest BCUT2D eigenvalue weighted by Crippen LogP contribution is -2.21. The molecule has 1 amide bonds. The summed E-state index contributed by atoms with van der Waals surface area (Å²) in [5, 5.41) is 13.3. The molecular formula is C20H20N6O3S. The Morgan fingerprint density at radius 2 is 2.07 bits per heavy atom. The zero-order valence-corrected chi connectivity index (χ0v) is 17.8. The molecule has 4 aromatic rings. The Hall–Kier alpha value is -3.53. The summed E-state index contributed by atoms with van der Waals surface area (Å²) in [4.78, 5) is 33.1. The third-order valence-corrected chi connectivity index (χ3v) is 5.74. The van der Waals surface area contributed by atoms with Gasteiger partial charge in [0.1, 0.15) is 17.3 Å². The van der Waals surface area contributed by atoms with E-state index in [0.717, 1.165) is 10.4 Å². The van der Waals surface area contributed by atoms with E-state index in [-0.39, 0.29) is 23.8 Å². The van der Waals surface area contributed by atoms with E-state index in [9.17, 15) is 9.59 Å². The van der Waals surface area contributed by atoms with Crippen molar-refractivity contribution in [3.8, 4) is 16.5 Å². The molecule has 0 saturated carbocycles. The third kappa shape index (κ3) is 3.69. The van der Waals surface area contributed by atoms with E-state index < -0.39 is 0 Å². The number of anilines is 1. The molecule has 0 bridgehead atoms. The topological polar surface area (TPSA) is 119 Å². The molecule has 0 atom stereocenters. The summed E-state index contributed by atoms with van der Waals surface area (Å²) in [7, 11) is 0. The van der Waals surface area contributed by atoms with Gasteiger partial charge in [-0.1, -0.05) is 11.2 Å². The van der Waals surface area contributed by atoms with Gasteiger partial charge < -0.3 is 9.84 Å². The predicted molar refractivity (Wildman–Crippen MR) is 113 cm³/mol. The number of aryl methyl sites for hydroxylation is 3. The van der Waals surface area contributed by atoms with Gasteiger partial charge in [-0.05, 0) is 39.1 Å². The van der Waals surface area contributed by atoms with Gasteiger partial charge in [-0.3, -0.25) is 14.6 Å². The van der Waals surface area contributed by atoms with Crippen LogP contribution in [0.25, 0.3) is 16.5 Å². The van der Waals surface area contributed by atoms with E-state index in [4.69, 9.17) is 4.52 Å². The highest BCUT2D eigenvalue weighted by Gasteiger charge is 2.19. The molecule has 30 heavy (non-hydrogen) atoms. The predicted octanol–water partition coefficient (Wildman–Crippen LogP) is 3.09. The zero-order valence-electron chi connectivity index (χ0n) is 16.9. The Bertz CT molecular complexity index is 1260. The van der Waals surface area contributed by atoms with E-state index in [0.29, 0.717) is 34.2 Å². The number of carbonyl (C=O) groups is 1. The SMILES string of the molecule is Cc1noc(C)c1CC(=O)Nc1cc(-c2cccs2)nn1-c1nc(C)c(C)c(=O)[nH]1. The molecule has 2 N–H and O–H groups in total. The van der Waals surface area contributed by atoms with Crippen molar-refractivity contribution in [3.63, 3.8) is 0 Å². The van der Waals surface area contributed by atoms with E-state index >= 15 is 0 Å². The maximum atomic E-state index is 12.7. The third-order valence-electron chi connectivity index (χ3n) is 4.85. The number of H-pyrrole nitrogens is 1. The molecule has 10 heteroatoms. The average molecular weight is 424 g/mol. The number of thiophene rings is 1. The van der Waals surface area contributed by atoms with Crippen molar-refractivity contribution in [2.45, 2.75) is 34.1 Å². The Kier molecular flexibility index (Phi) is 5.08. The highest BCUT2D eigenvalue weighted by atomic mass is 32.1. The van der Waals surface area contributed by atoms with Crippen molar-refractivity contribution in [2.24, 2.45) is 0 Å². The summed E-state index contributed by atoms with van der Waals surface area (Å²) in [6, 6.07) is 5.61. The standard InChI is InChI=1S/C20H20N6O3S/c1-10-11(2)21-20(23-19(10)28)26-17(9-15(24-26)16-6-5-7-30-16)22-18(27)8-14-12(3)25-29-13(14)4/h5-7,9H,8H2,1-4H3,(H,22,27)(H,21,23,28). The summed E-state index contributed by atoms with van der Waals surface area (Å²) in [5.41, 5.74) is 2.96. The monoisotopic (exact) mass is 424 g/mol. The lowest BCUT2D eigenvalue weighted by molar-refractivity contribution is -0.115. The first-order valence-electron chi connectivity index (χ1n) is 9.27. The lowest BCUT2D eigenvalue weighted by Gasteiger charge is -2.09. The van der Waals surface area contributed by atoms with Crippen molar-refractivity contribution >= 4 is 23.1 Å². The molecule has 4 aromatic heterocycles. The van der Waals surface area contributed by atoms with E-state index in [1.165, 1.54) is 16.0 Å². The van der Waals surface area contributed by atoms with Gasteiger partial charge in [0.15, 0.2) is 0 Å². The van der Waals surface area contributed by atoms with Gasteiger partial charge in [0.25, 0.3) is 5.56 Å². The number of aromatic amines is 1. The summed E-state index contributed by atoms with van der Waals surface area (Å²) < 4.78 is 6.57. The van der Waals surface area contributed by atoms with Gasteiger partial charge in [0.05, 0.1) is 17.0 Å². The van der Waals surface area contributed by atoms with E-state index in [2.05, 4.69) is 25.5 Å². The number of amides is 1. The molecule has 0 radical (unpaired) electrons. The quantitative estimate of drug-likeness (QED) is 0.508. The van der Waals surface area contributed by atoms with Gasteiger partial charge in [0.2, 0.25) is 11.9 Å². The molecule has 0 spiro atoms. The van der Waals surface area contributed by atoms with Gasteiger partial charge in [-0.2, -0.15) is 9.78 Å². The smallest absolute Gasteiger partial charge is 0.255 e. The number of hydrogen-bond acceptors (Lipinski definition) is 7. The van der Waals surface area contributed by atoms with Crippen molar-refractivity contribution in [3.05, 3.63) is 62.2 Å². The minimum atomic E-state index is -0.255. The molecule has 4 rings (SSSR count). The van der Waals surface area contributed by atoms with E-state index in [1.54, 1.807) is 33.8 Å². The summed E-state index contributed by atoms with van der Waals surface area (Å²) in [6.45, 7) is 7.03. The van der Waals surface area contributed by atoms with Crippen LogP contribution in [-0.2, 0) is 11.2 Å². The van der Waals surface area contributed by atoms with Crippen LogP contribution in [0.15, 0.2) is 32.9 Å². The Morgan fingerprint density at radius 3 is 2.70 bits per heavy atom. The number of nitrogens with one attached hydrogen (secondary N) is 2. The Balaban J connectivity index is 1.73. The van der Waals surface area contributed by atoms with Gasteiger partial charge >= 0.3 is 0 Å². The molecular weight excluding hydrogens is 404 g/mol. The van der Waals surface area contributed by atoms with Crippen molar-refractivity contribution < 1.29 is 9.32 Å². The molecule has 154 valence electrons. The van der Waals surface area contributed by atoms with Crippen LogP contribution in [0.4, 0.5) is 5.82 Å². The van der Waals surface area contributed by atoms with Crippen LogP contribution in [0.3, 0.4) is 0 Å². The minimum absolute atomic E-state index is 0.109. The average Bonchev–Trinajstić information content (AvgIpc) is 3.43. The molecule has 0 fully saturated rings. The second-order valence-electron chi connectivity index (χ2n) is 6.93. The van der Waals surface area contributed by atoms with E-state index in [1.807, 2.05) is 17.5 Å². The first-order chi connectivity index (χ1) is 14.3. The molecule has 0 unspecified atom stereocenters. The number of rotatable bonds is 5. The fraction of sp³-hybridized carbons (Fsp3) is 0.250. The summed E-state index contributed by atoms with van der Waals surface area (Å²) >= 11 is 1.53. The largest absolute Gasteiger partial charge is 0.361 e. The van der Waals surface area contributed by atoms with Crippen LogP contribution in [0.5, 0.6) is 0 Å². The first-order valence-corrected chi connectivity index (χ1v) is 10.1. The van der Waals surface area contributed by atoms with Gasteiger partial charge in [-0.25, -0.2) is 4.98 Å². The second kappa shape index (κ2) is 7.71. The highest BCUT2D eigenvalue weighted by molar-refractivity contribution is 7.13. The number of carbonyl (C=O) groups excluding carboxylic acids is 1. The molecule has 0 aliphatic heterocycles. The molecule has 4 heterocycles. The maximum Gasteiger partial charge on any atom is 0.255 e. The van der Waals surface area contributed by atoms with Crippen LogP contribution in [0.2, 0.25) is 0 Å². The fourth-order valence-electron chi connectivity index (χ4n) is 3.01. The first kappa shape index (κ1) is 19.8. The molecule has 9 nitrogen and oxygen atoms in total. The number of aromatic nitrogens is 5. The molecule has 0 aliphatic rings. The van der Waals surface area contributed by atoms with Crippen molar-refractivity contribution in [1.29, 1.82) is 0 Å². The number of hydrogen-bond donors (Lipinski definition) is 2. The molecule has 0 aromatic carbocycles. The van der Waals surface area contributed by atoms with Crippen LogP contribution in [0.1, 0.15) is 28.3 Å². The molecule has 0 aliphatic carbocycles.